The molecule has 39 heavy (non-hydrogen) atoms. The fourth-order valence-electron chi connectivity index (χ4n) is 2.66. The predicted octanol–water partition coefficient (Wildman–Crippen LogP) is 2.19. The second kappa shape index (κ2) is 22.4. The molecular formula is C22H35F5N10O2. The Hall–Kier alpha value is -3.63. The molecule has 12 nitrogen and oxygen atoms in total. The van der Waals surface area contributed by atoms with Crippen LogP contribution in [0.15, 0.2) is 0 Å². The van der Waals surface area contributed by atoms with E-state index < -0.39 is 30.4 Å². The second-order valence-corrected chi connectivity index (χ2v) is 7.85. The first kappa shape index (κ1) is 35.4. The van der Waals surface area contributed by atoms with Gasteiger partial charge in [0.1, 0.15) is 0 Å². The summed E-state index contributed by atoms with van der Waals surface area (Å²) in [7, 11) is 0. The highest BCUT2D eigenvalue weighted by Gasteiger charge is 2.04. The Morgan fingerprint density at radius 3 is 1.26 bits per heavy atom. The molecule has 0 aromatic carbocycles. The highest BCUT2D eigenvalue weighted by molar-refractivity contribution is 5.72. The number of aromatic nitrogens is 6. The highest BCUT2D eigenvalue weighted by atomic mass is 19.2. The maximum absolute atomic E-state index is 12.6. The Bertz CT molecular complexity index is 904. The Morgan fingerprint density at radius 2 is 0.897 bits per heavy atom. The van der Waals surface area contributed by atoms with E-state index in [0.717, 1.165) is 58.0 Å². The average molecular weight is 567 g/mol. The Balaban J connectivity index is 0.000000611. The predicted molar refractivity (Wildman–Crippen MR) is 131 cm³/mol. The second-order valence-electron chi connectivity index (χ2n) is 7.85. The summed E-state index contributed by atoms with van der Waals surface area (Å²) in [6, 6.07) is 0. The van der Waals surface area contributed by atoms with Crippen molar-refractivity contribution in [2.45, 2.75) is 65.2 Å². The molecular weight excluding hydrogens is 531 g/mol. The molecule has 0 aliphatic carbocycles. The van der Waals surface area contributed by atoms with Crippen LogP contribution in [0.1, 0.15) is 65.2 Å². The molecule has 0 spiro atoms. The normalized spacial score (nSPS) is 9.95. The van der Waals surface area contributed by atoms with Crippen molar-refractivity contribution >= 4 is 17.8 Å². The van der Waals surface area contributed by atoms with Crippen LogP contribution in [0.5, 0.6) is 0 Å². The molecule has 0 saturated heterocycles. The lowest BCUT2D eigenvalue weighted by Crippen LogP contribution is -2.20. The molecule has 2 aromatic heterocycles. The van der Waals surface area contributed by atoms with Gasteiger partial charge in [-0.05, 0) is 32.2 Å². The summed E-state index contributed by atoms with van der Waals surface area (Å²) >= 11 is 0. The monoisotopic (exact) mass is 566 g/mol. The van der Waals surface area contributed by atoms with Gasteiger partial charge in [0, 0.05) is 33.5 Å². The fraction of sp³-hybridized carbons (Fsp3) is 0.636. The van der Waals surface area contributed by atoms with Crippen LogP contribution in [-0.4, -0.2) is 67.9 Å². The first-order valence-electron chi connectivity index (χ1n) is 12.3. The van der Waals surface area contributed by atoms with E-state index in [1.165, 1.54) is 13.3 Å². The molecule has 0 atom stereocenters. The number of amides is 2. The zero-order chi connectivity index (χ0) is 29.5. The van der Waals surface area contributed by atoms with Crippen LogP contribution in [0.4, 0.5) is 27.9 Å². The summed E-state index contributed by atoms with van der Waals surface area (Å²) < 4.78 is 60.3. The summed E-state index contributed by atoms with van der Waals surface area (Å²) in [4.78, 5) is 37.7. The third kappa shape index (κ3) is 23.2. The zero-order valence-corrected chi connectivity index (χ0v) is 22.0. The fourth-order valence-corrected chi connectivity index (χ4v) is 2.66. The summed E-state index contributed by atoms with van der Waals surface area (Å²) in [5.41, 5.74) is 5.32. The average Bonchev–Trinajstić information content (AvgIpc) is 2.82. The van der Waals surface area contributed by atoms with E-state index in [9.17, 15) is 31.5 Å². The van der Waals surface area contributed by atoms with Gasteiger partial charge in [0.05, 0.1) is 0 Å². The minimum Gasteiger partial charge on any atom is -0.356 e. The molecule has 0 radical (unpaired) electrons. The Morgan fingerprint density at radius 1 is 0.564 bits per heavy atom. The smallest absolute Gasteiger partial charge is 0.316 e. The Labute approximate surface area is 223 Å². The van der Waals surface area contributed by atoms with Crippen molar-refractivity contribution in [3.8, 4) is 0 Å². The first-order valence-corrected chi connectivity index (χ1v) is 12.3. The third-order valence-corrected chi connectivity index (χ3v) is 4.40. The highest BCUT2D eigenvalue weighted by Crippen LogP contribution is 2.02. The van der Waals surface area contributed by atoms with Crippen LogP contribution in [0.3, 0.4) is 0 Å². The van der Waals surface area contributed by atoms with Crippen molar-refractivity contribution in [2.24, 2.45) is 5.73 Å². The molecule has 5 N–H and O–H groups in total. The van der Waals surface area contributed by atoms with Crippen molar-refractivity contribution in [3.63, 3.8) is 0 Å². The van der Waals surface area contributed by atoms with Crippen molar-refractivity contribution in [3.05, 3.63) is 30.4 Å². The number of carbonyl (C=O) groups excluding carboxylic acids is 2. The minimum absolute atomic E-state index is 0.0273. The van der Waals surface area contributed by atoms with Crippen LogP contribution >= 0.6 is 0 Å². The lowest BCUT2D eigenvalue weighted by molar-refractivity contribution is -0.119. The van der Waals surface area contributed by atoms with E-state index in [1.807, 2.05) is 0 Å². The minimum atomic E-state index is -1.46. The van der Waals surface area contributed by atoms with Crippen molar-refractivity contribution in [2.75, 3.05) is 31.5 Å². The number of nitrogens with zero attached hydrogens (tertiary/aromatic N) is 6. The van der Waals surface area contributed by atoms with Crippen molar-refractivity contribution < 1.29 is 31.5 Å². The molecule has 0 saturated carbocycles. The standard InChI is InChI=1S/C11H17F2N5O.C8H18N2O.C3F3N3/c1-8(19)14-6-4-2-3-5-7-15-11-17-9(12)16-10(13)18-11;1-8(11)10-7-5-3-2-4-6-9;4-1-7-2(5)9-3(6)8-1/h2-7H2,1H3,(H,14,19)(H,15,16,17,18);2-7,9H2,1H3,(H,10,11);. The van der Waals surface area contributed by atoms with Gasteiger partial charge in [0.25, 0.3) is 0 Å². The molecule has 17 heteroatoms. The lowest BCUT2D eigenvalue weighted by Gasteiger charge is -2.04. The summed E-state index contributed by atoms with van der Waals surface area (Å²) in [6.07, 6.45) is 1.53. The van der Waals surface area contributed by atoms with E-state index in [1.54, 1.807) is 6.92 Å². The first-order chi connectivity index (χ1) is 18.5. The van der Waals surface area contributed by atoms with Crippen LogP contribution in [-0.2, 0) is 9.59 Å². The molecule has 220 valence electrons. The van der Waals surface area contributed by atoms with Gasteiger partial charge in [0.15, 0.2) is 0 Å². The third-order valence-electron chi connectivity index (χ3n) is 4.40. The van der Waals surface area contributed by atoms with E-state index in [-0.39, 0.29) is 17.8 Å². The molecule has 2 amide bonds. The number of rotatable bonds is 14. The number of anilines is 1. The largest absolute Gasteiger partial charge is 0.356 e. The van der Waals surface area contributed by atoms with E-state index in [4.69, 9.17) is 5.73 Å². The number of hydrogen-bond acceptors (Lipinski definition) is 10. The molecule has 0 aliphatic heterocycles. The maximum Gasteiger partial charge on any atom is 0.316 e. The van der Waals surface area contributed by atoms with Crippen LogP contribution < -0.4 is 21.7 Å². The van der Waals surface area contributed by atoms with Gasteiger partial charge < -0.3 is 21.7 Å². The van der Waals surface area contributed by atoms with Crippen LogP contribution in [0, 0.1) is 30.4 Å². The molecule has 2 rings (SSSR count). The van der Waals surface area contributed by atoms with Gasteiger partial charge >= 0.3 is 30.4 Å². The summed E-state index contributed by atoms with van der Waals surface area (Å²) in [5.74, 6) is -0.0624. The SMILES string of the molecule is CC(=O)NCCCCCCN.CC(=O)NCCCCCCNc1nc(F)nc(F)n1.Fc1nc(F)nc(F)n1. The molecule has 0 unspecified atom stereocenters. The van der Waals surface area contributed by atoms with Gasteiger partial charge in [0.2, 0.25) is 17.8 Å². The number of hydrogen-bond donors (Lipinski definition) is 4. The Kier molecular flexibility index (Phi) is 20.3. The van der Waals surface area contributed by atoms with Gasteiger partial charge in [-0.1, -0.05) is 25.7 Å². The van der Waals surface area contributed by atoms with E-state index >= 15 is 0 Å². The molecule has 0 aliphatic rings. The number of halogens is 5. The molecule has 2 aromatic rings. The van der Waals surface area contributed by atoms with E-state index in [0.29, 0.717) is 13.1 Å². The molecule has 0 fully saturated rings. The summed E-state index contributed by atoms with van der Waals surface area (Å²) in [5, 5.41) is 8.19. The number of nitrogens with one attached hydrogen (secondary N) is 3. The van der Waals surface area contributed by atoms with Crippen molar-refractivity contribution in [1.82, 2.24) is 40.5 Å². The summed E-state index contributed by atoms with van der Waals surface area (Å²) in [6.45, 7) is 5.81. The van der Waals surface area contributed by atoms with E-state index in [2.05, 4.69) is 45.9 Å². The van der Waals surface area contributed by atoms with Crippen LogP contribution in [0.25, 0.3) is 0 Å². The molecule has 2 heterocycles. The lowest BCUT2D eigenvalue weighted by atomic mass is 10.2. The number of carbonyl (C=O) groups is 2. The van der Waals surface area contributed by atoms with Gasteiger partial charge in [-0.2, -0.15) is 51.9 Å². The van der Waals surface area contributed by atoms with Gasteiger partial charge in [-0.25, -0.2) is 0 Å². The zero-order valence-electron chi connectivity index (χ0n) is 22.0. The maximum atomic E-state index is 12.6. The number of nitrogens with two attached hydrogens (primary N) is 1. The quantitative estimate of drug-likeness (QED) is 0.196. The van der Waals surface area contributed by atoms with Gasteiger partial charge in [-0.3, -0.25) is 9.59 Å². The van der Waals surface area contributed by atoms with Gasteiger partial charge in [-0.15, -0.1) is 0 Å². The van der Waals surface area contributed by atoms with Crippen molar-refractivity contribution in [1.29, 1.82) is 0 Å². The van der Waals surface area contributed by atoms with Crippen LogP contribution in [0.2, 0.25) is 0 Å². The topological polar surface area (TPSA) is 174 Å². The number of unbranched alkanes of at least 4 members (excludes halogenated alkanes) is 6. The molecule has 0 bridgehead atoms.